The summed E-state index contributed by atoms with van der Waals surface area (Å²) in [6.45, 7) is 8.04. The molecule has 1 amide bonds. The number of amides is 1. The summed E-state index contributed by atoms with van der Waals surface area (Å²) < 4.78 is 0. The lowest BCUT2D eigenvalue weighted by Gasteiger charge is -2.23. The number of carbonyl (C=O) groups is 1. The number of nitrogens with zero attached hydrogens (tertiary/aromatic N) is 1. The Morgan fingerprint density at radius 1 is 1.62 bits per heavy atom. The van der Waals surface area contributed by atoms with E-state index in [0.717, 1.165) is 19.3 Å². The molecule has 0 aromatic rings. The molecule has 1 fully saturated rings. The second-order valence-corrected chi connectivity index (χ2v) is 5.87. The highest BCUT2D eigenvalue weighted by Crippen LogP contribution is 2.37. The lowest BCUT2D eigenvalue weighted by molar-refractivity contribution is -0.128. The zero-order valence-electron chi connectivity index (χ0n) is 10.8. The molecule has 1 N–H and O–H groups in total. The Labute approximate surface area is 98.2 Å². The summed E-state index contributed by atoms with van der Waals surface area (Å²) in [5, 5.41) is 12.0. The van der Waals surface area contributed by atoms with E-state index in [9.17, 15) is 4.79 Å². The fraction of sp³-hybridized carbons (Fsp3) is 0.846. The molecule has 0 spiro atoms. The first-order chi connectivity index (χ1) is 7.33. The Hall–Kier alpha value is -1.04. The standard InChI is InChI=1S/C13H22N2O/c1-5-13(4,9-14)11(16)15-10-6-7-12(2,3)8-10/h10H,5-8H2,1-4H3,(H,15,16). The molecule has 1 aliphatic rings. The van der Waals surface area contributed by atoms with Crippen LogP contribution in [0, 0.1) is 22.2 Å². The number of carbonyl (C=O) groups excluding carboxylic acids is 1. The molecule has 3 heteroatoms. The smallest absolute Gasteiger partial charge is 0.240 e. The molecule has 3 nitrogen and oxygen atoms in total. The third-order valence-electron chi connectivity index (χ3n) is 3.76. The SMILES string of the molecule is CCC(C)(C#N)C(=O)NC1CCC(C)(C)C1. The number of nitriles is 1. The highest BCUT2D eigenvalue weighted by atomic mass is 16.2. The lowest BCUT2D eigenvalue weighted by atomic mass is 9.87. The van der Waals surface area contributed by atoms with Gasteiger partial charge in [0.05, 0.1) is 6.07 Å². The Kier molecular flexibility index (Phi) is 3.62. The molecule has 0 bridgehead atoms. The fourth-order valence-electron chi connectivity index (χ4n) is 2.19. The monoisotopic (exact) mass is 222 g/mol. The summed E-state index contributed by atoms with van der Waals surface area (Å²) in [6, 6.07) is 2.36. The van der Waals surface area contributed by atoms with Gasteiger partial charge in [-0.1, -0.05) is 20.8 Å². The van der Waals surface area contributed by atoms with Gasteiger partial charge in [-0.25, -0.2) is 0 Å². The quantitative estimate of drug-likeness (QED) is 0.798. The van der Waals surface area contributed by atoms with E-state index < -0.39 is 5.41 Å². The number of hydrogen-bond acceptors (Lipinski definition) is 2. The van der Waals surface area contributed by atoms with Crippen molar-refractivity contribution < 1.29 is 4.79 Å². The van der Waals surface area contributed by atoms with Gasteiger partial charge in [-0.05, 0) is 38.0 Å². The molecule has 0 aromatic heterocycles. The molecule has 1 saturated carbocycles. The van der Waals surface area contributed by atoms with Gasteiger partial charge < -0.3 is 5.32 Å². The molecule has 0 aliphatic heterocycles. The normalized spacial score (nSPS) is 26.8. The molecule has 2 atom stereocenters. The second kappa shape index (κ2) is 4.45. The van der Waals surface area contributed by atoms with Gasteiger partial charge in [-0.15, -0.1) is 0 Å². The van der Waals surface area contributed by atoms with Gasteiger partial charge in [0.25, 0.3) is 0 Å². The summed E-state index contributed by atoms with van der Waals surface area (Å²) in [6.07, 6.45) is 3.76. The fourth-order valence-corrected chi connectivity index (χ4v) is 2.19. The molecule has 0 saturated heterocycles. The maximum Gasteiger partial charge on any atom is 0.240 e. The summed E-state index contributed by atoms with van der Waals surface area (Å²) >= 11 is 0. The van der Waals surface area contributed by atoms with Crippen LogP contribution in [0.1, 0.15) is 53.4 Å². The van der Waals surface area contributed by atoms with Gasteiger partial charge in [-0.2, -0.15) is 5.26 Å². The topological polar surface area (TPSA) is 52.9 Å². The van der Waals surface area contributed by atoms with Crippen molar-refractivity contribution in [2.45, 2.75) is 59.4 Å². The van der Waals surface area contributed by atoms with Crippen molar-refractivity contribution >= 4 is 5.91 Å². The minimum Gasteiger partial charge on any atom is -0.352 e. The van der Waals surface area contributed by atoms with Gasteiger partial charge in [0.15, 0.2) is 0 Å². The van der Waals surface area contributed by atoms with Crippen LogP contribution in [0.25, 0.3) is 0 Å². The van der Waals surface area contributed by atoms with E-state index in [1.807, 2.05) is 6.92 Å². The predicted molar refractivity (Wildman–Crippen MR) is 63.6 cm³/mol. The zero-order chi connectivity index (χ0) is 12.4. The first-order valence-electron chi connectivity index (χ1n) is 6.05. The van der Waals surface area contributed by atoms with Crippen LogP contribution in [0.5, 0.6) is 0 Å². The van der Waals surface area contributed by atoms with Gasteiger partial charge in [-0.3, -0.25) is 4.79 Å². The third-order valence-corrected chi connectivity index (χ3v) is 3.76. The number of nitrogens with one attached hydrogen (secondary N) is 1. The predicted octanol–water partition coefficient (Wildman–Crippen LogP) is 2.62. The average molecular weight is 222 g/mol. The molecule has 0 aromatic carbocycles. The molecule has 1 aliphatic carbocycles. The van der Waals surface area contributed by atoms with E-state index in [1.54, 1.807) is 6.92 Å². The Morgan fingerprint density at radius 3 is 2.62 bits per heavy atom. The molecular weight excluding hydrogens is 200 g/mol. The molecule has 2 unspecified atom stereocenters. The highest BCUT2D eigenvalue weighted by Gasteiger charge is 2.36. The van der Waals surface area contributed by atoms with Crippen LogP contribution in [-0.2, 0) is 4.79 Å². The largest absolute Gasteiger partial charge is 0.352 e. The van der Waals surface area contributed by atoms with Crippen molar-refractivity contribution in [1.29, 1.82) is 5.26 Å². The van der Waals surface area contributed by atoms with Gasteiger partial charge in [0.2, 0.25) is 5.91 Å². The van der Waals surface area contributed by atoms with Crippen LogP contribution >= 0.6 is 0 Å². The Morgan fingerprint density at radius 2 is 2.25 bits per heavy atom. The zero-order valence-corrected chi connectivity index (χ0v) is 10.8. The number of rotatable bonds is 3. The van der Waals surface area contributed by atoms with E-state index in [2.05, 4.69) is 25.2 Å². The van der Waals surface area contributed by atoms with Crippen LogP contribution in [0.2, 0.25) is 0 Å². The summed E-state index contributed by atoms with van der Waals surface area (Å²) in [4.78, 5) is 12.0. The second-order valence-electron chi connectivity index (χ2n) is 5.87. The average Bonchev–Trinajstić information content (AvgIpc) is 2.56. The summed E-state index contributed by atoms with van der Waals surface area (Å²) in [7, 11) is 0. The van der Waals surface area contributed by atoms with E-state index in [1.165, 1.54) is 0 Å². The van der Waals surface area contributed by atoms with E-state index in [4.69, 9.17) is 5.26 Å². The summed E-state index contributed by atoms with van der Waals surface area (Å²) in [5.41, 5.74) is -0.542. The van der Waals surface area contributed by atoms with Crippen molar-refractivity contribution in [3.8, 4) is 6.07 Å². The lowest BCUT2D eigenvalue weighted by Crippen LogP contribution is -2.42. The minimum absolute atomic E-state index is 0.111. The van der Waals surface area contributed by atoms with E-state index in [0.29, 0.717) is 11.8 Å². The molecule has 90 valence electrons. The van der Waals surface area contributed by atoms with Crippen molar-refractivity contribution in [3.05, 3.63) is 0 Å². The summed E-state index contributed by atoms with van der Waals surface area (Å²) in [5.74, 6) is -0.111. The molecule has 0 radical (unpaired) electrons. The molecule has 0 heterocycles. The first kappa shape index (κ1) is 13.0. The number of hydrogen-bond donors (Lipinski definition) is 1. The molecule has 1 rings (SSSR count). The van der Waals surface area contributed by atoms with Crippen LogP contribution in [-0.4, -0.2) is 11.9 Å². The third kappa shape index (κ3) is 2.75. The van der Waals surface area contributed by atoms with E-state index in [-0.39, 0.29) is 11.9 Å². The maximum atomic E-state index is 12.0. The first-order valence-corrected chi connectivity index (χ1v) is 6.05. The van der Waals surface area contributed by atoms with Crippen LogP contribution in [0.15, 0.2) is 0 Å². The van der Waals surface area contributed by atoms with Crippen molar-refractivity contribution in [2.75, 3.05) is 0 Å². The van der Waals surface area contributed by atoms with E-state index >= 15 is 0 Å². The van der Waals surface area contributed by atoms with Crippen LogP contribution in [0.3, 0.4) is 0 Å². The van der Waals surface area contributed by atoms with Crippen molar-refractivity contribution in [2.24, 2.45) is 10.8 Å². The van der Waals surface area contributed by atoms with Gasteiger partial charge >= 0.3 is 0 Å². The van der Waals surface area contributed by atoms with Gasteiger partial charge in [0.1, 0.15) is 5.41 Å². The van der Waals surface area contributed by atoms with Crippen molar-refractivity contribution in [1.82, 2.24) is 5.32 Å². The molecule has 16 heavy (non-hydrogen) atoms. The van der Waals surface area contributed by atoms with Crippen molar-refractivity contribution in [3.63, 3.8) is 0 Å². The van der Waals surface area contributed by atoms with Gasteiger partial charge in [0, 0.05) is 6.04 Å². The maximum absolute atomic E-state index is 12.0. The van der Waals surface area contributed by atoms with Crippen LogP contribution < -0.4 is 5.32 Å². The Bertz CT molecular complexity index is 316. The minimum atomic E-state index is -0.868. The highest BCUT2D eigenvalue weighted by molar-refractivity contribution is 5.85. The van der Waals surface area contributed by atoms with Crippen LogP contribution in [0.4, 0.5) is 0 Å². The Balaban J connectivity index is 2.57. The molecular formula is C13H22N2O.